The second-order valence-electron chi connectivity index (χ2n) is 4.87. The third-order valence-corrected chi connectivity index (χ3v) is 3.69. The lowest BCUT2D eigenvalue weighted by Crippen LogP contribution is -2.21. The van der Waals surface area contributed by atoms with Crippen LogP contribution in [-0.4, -0.2) is 22.0 Å². The van der Waals surface area contributed by atoms with Crippen LogP contribution in [0.15, 0.2) is 23.1 Å². The third-order valence-electron chi connectivity index (χ3n) is 2.78. The number of sulfonamides is 1. The van der Waals surface area contributed by atoms with E-state index < -0.39 is 10.0 Å². The SMILES string of the molecule is CC(C)CCN(C)c1ccc(S(N)(=O)=O)cc1N. The average molecular weight is 271 g/mol. The minimum Gasteiger partial charge on any atom is -0.397 e. The number of nitrogens with zero attached hydrogens (tertiary/aromatic N) is 1. The van der Waals surface area contributed by atoms with Gasteiger partial charge in [0, 0.05) is 13.6 Å². The van der Waals surface area contributed by atoms with Gasteiger partial charge >= 0.3 is 0 Å². The summed E-state index contributed by atoms with van der Waals surface area (Å²) in [6.07, 6.45) is 1.05. The quantitative estimate of drug-likeness (QED) is 0.792. The van der Waals surface area contributed by atoms with Crippen LogP contribution in [0.3, 0.4) is 0 Å². The van der Waals surface area contributed by atoms with E-state index in [9.17, 15) is 8.42 Å². The molecule has 1 rings (SSSR count). The standard InChI is InChI=1S/C12H21N3O2S/c1-9(2)6-7-15(3)12-5-4-10(8-11(12)13)18(14,16)17/h4-5,8-9H,6-7,13H2,1-3H3,(H2,14,16,17). The zero-order valence-corrected chi connectivity index (χ0v) is 11.9. The smallest absolute Gasteiger partial charge is 0.238 e. The van der Waals surface area contributed by atoms with Gasteiger partial charge in [-0.3, -0.25) is 0 Å². The first-order chi connectivity index (χ1) is 8.21. The molecule has 102 valence electrons. The van der Waals surface area contributed by atoms with E-state index in [0.717, 1.165) is 18.7 Å². The molecule has 4 N–H and O–H groups in total. The number of rotatable bonds is 5. The van der Waals surface area contributed by atoms with Gasteiger partial charge in [0.05, 0.1) is 16.3 Å². The Morgan fingerprint density at radius 2 is 1.94 bits per heavy atom. The highest BCUT2D eigenvalue weighted by molar-refractivity contribution is 7.89. The summed E-state index contributed by atoms with van der Waals surface area (Å²) in [6.45, 7) is 5.18. The third kappa shape index (κ3) is 3.89. The van der Waals surface area contributed by atoms with Crippen molar-refractivity contribution in [1.82, 2.24) is 0 Å². The van der Waals surface area contributed by atoms with Crippen molar-refractivity contribution in [2.75, 3.05) is 24.2 Å². The summed E-state index contributed by atoms with van der Waals surface area (Å²) in [5, 5.41) is 5.05. The van der Waals surface area contributed by atoms with Crippen molar-refractivity contribution < 1.29 is 8.42 Å². The number of benzene rings is 1. The van der Waals surface area contributed by atoms with Crippen LogP contribution in [0.25, 0.3) is 0 Å². The molecule has 0 spiro atoms. The fourth-order valence-electron chi connectivity index (χ4n) is 1.63. The Bertz CT molecular complexity index is 512. The molecule has 0 aromatic heterocycles. The highest BCUT2D eigenvalue weighted by atomic mass is 32.2. The summed E-state index contributed by atoms with van der Waals surface area (Å²) in [7, 11) is -1.76. The first-order valence-electron chi connectivity index (χ1n) is 5.85. The molecule has 18 heavy (non-hydrogen) atoms. The summed E-state index contributed by atoms with van der Waals surface area (Å²) in [5.74, 6) is 0.609. The van der Waals surface area contributed by atoms with Gasteiger partial charge < -0.3 is 10.6 Å². The number of anilines is 2. The number of nitrogens with two attached hydrogens (primary N) is 2. The normalized spacial score (nSPS) is 11.8. The van der Waals surface area contributed by atoms with E-state index in [4.69, 9.17) is 10.9 Å². The van der Waals surface area contributed by atoms with Gasteiger partial charge in [-0.1, -0.05) is 13.8 Å². The highest BCUT2D eigenvalue weighted by Crippen LogP contribution is 2.25. The monoisotopic (exact) mass is 271 g/mol. The molecule has 0 aliphatic heterocycles. The lowest BCUT2D eigenvalue weighted by atomic mass is 10.1. The van der Waals surface area contributed by atoms with Crippen molar-refractivity contribution >= 4 is 21.4 Å². The first-order valence-corrected chi connectivity index (χ1v) is 7.40. The Balaban J connectivity index is 2.92. The van der Waals surface area contributed by atoms with Gasteiger partial charge in [0.2, 0.25) is 10.0 Å². The van der Waals surface area contributed by atoms with Crippen molar-refractivity contribution in [2.24, 2.45) is 11.1 Å². The van der Waals surface area contributed by atoms with Gasteiger partial charge in [0.1, 0.15) is 0 Å². The molecule has 6 heteroatoms. The maximum Gasteiger partial charge on any atom is 0.238 e. The molecule has 0 heterocycles. The van der Waals surface area contributed by atoms with Gasteiger partial charge in [-0.15, -0.1) is 0 Å². The lowest BCUT2D eigenvalue weighted by molar-refractivity contribution is 0.585. The Hall–Kier alpha value is -1.27. The average Bonchev–Trinajstić information content (AvgIpc) is 2.24. The number of nitrogen functional groups attached to an aromatic ring is 1. The minimum absolute atomic E-state index is 0.0426. The maximum atomic E-state index is 11.2. The second-order valence-corrected chi connectivity index (χ2v) is 6.43. The van der Waals surface area contributed by atoms with Gasteiger partial charge in [0.25, 0.3) is 0 Å². The van der Waals surface area contributed by atoms with Crippen LogP contribution in [0.4, 0.5) is 11.4 Å². The van der Waals surface area contributed by atoms with Crippen molar-refractivity contribution in [3.8, 4) is 0 Å². The molecule has 0 bridgehead atoms. The van der Waals surface area contributed by atoms with E-state index in [1.807, 2.05) is 11.9 Å². The second kappa shape index (κ2) is 5.58. The van der Waals surface area contributed by atoms with Crippen molar-refractivity contribution in [2.45, 2.75) is 25.2 Å². The largest absolute Gasteiger partial charge is 0.397 e. The van der Waals surface area contributed by atoms with Crippen LogP contribution < -0.4 is 15.8 Å². The molecule has 0 radical (unpaired) electrons. The maximum absolute atomic E-state index is 11.2. The van der Waals surface area contributed by atoms with E-state index in [1.54, 1.807) is 6.07 Å². The zero-order valence-electron chi connectivity index (χ0n) is 11.1. The van der Waals surface area contributed by atoms with Crippen LogP contribution >= 0.6 is 0 Å². The zero-order chi connectivity index (χ0) is 13.9. The Morgan fingerprint density at radius 1 is 1.33 bits per heavy atom. The Labute approximate surface area is 109 Å². The summed E-state index contributed by atoms with van der Waals surface area (Å²) < 4.78 is 22.4. The molecular formula is C12H21N3O2S. The Morgan fingerprint density at radius 3 is 2.39 bits per heavy atom. The van der Waals surface area contributed by atoms with Crippen LogP contribution in [0, 0.1) is 5.92 Å². The Kier molecular flexibility index (Phi) is 4.59. The van der Waals surface area contributed by atoms with E-state index in [0.29, 0.717) is 11.6 Å². The summed E-state index contributed by atoms with van der Waals surface area (Å²) in [5.41, 5.74) is 7.11. The number of primary sulfonamides is 1. The summed E-state index contributed by atoms with van der Waals surface area (Å²) in [6, 6.07) is 4.57. The molecule has 0 aliphatic rings. The molecule has 0 saturated heterocycles. The van der Waals surface area contributed by atoms with Crippen LogP contribution in [0.1, 0.15) is 20.3 Å². The molecule has 1 aromatic rings. The van der Waals surface area contributed by atoms with Gasteiger partial charge in [-0.05, 0) is 30.5 Å². The minimum atomic E-state index is -3.69. The van der Waals surface area contributed by atoms with Crippen LogP contribution in [0.2, 0.25) is 0 Å². The predicted molar refractivity (Wildman–Crippen MR) is 75.0 cm³/mol. The molecule has 0 amide bonds. The fraction of sp³-hybridized carbons (Fsp3) is 0.500. The number of hydrogen-bond acceptors (Lipinski definition) is 4. The summed E-state index contributed by atoms with van der Waals surface area (Å²) in [4.78, 5) is 2.06. The predicted octanol–water partition coefficient (Wildman–Crippen LogP) is 1.40. The molecule has 0 unspecified atom stereocenters. The fourth-order valence-corrected chi connectivity index (χ4v) is 2.18. The molecule has 5 nitrogen and oxygen atoms in total. The van der Waals surface area contributed by atoms with Crippen molar-refractivity contribution in [3.63, 3.8) is 0 Å². The molecule has 0 atom stereocenters. The topological polar surface area (TPSA) is 89.4 Å². The van der Waals surface area contributed by atoms with E-state index in [1.165, 1.54) is 12.1 Å². The highest BCUT2D eigenvalue weighted by Gasteiger charge is 2.12. The molecule has 0 aliphatic carbocycles. The molecule has 0 fully saturated rings. The first kappa shape index (κ1) is 14.8. The van der Waals surface area contributed by atoms with E-state index >= 15 is 0 Å². The van der Waals surface area contributed by atoms with Crippen LogP contribution in [-0.2, 0) is 10.0 Å². The van der Waals surface area contributed by atoms with E-state index in [2.05, 4.69) is 13.8 Å². The van der Waals surface area contributed by atoms with E-state index in [-0.39, 0.29) is 4.90 Å². The summed E-state index contributed by atoms with van der Waals surface area (Å²) >= 11 is 0. The van der Waals surface area contributed by atoms with Crippen LogP contribution in [0.5, 0.6) is 0 Å². The van der Waals surface area contributed by atoms with Crippen molar-refractivity contribution in [1.29, 1.82) is 0 Å². The molecule has 1 aromatic carbocycles. The van der Waals surface area contributed by atoms with Gasteiger partial charge in [-0.25, -0.2) is 13.6 Å². The lowest BCUT2D eigenvalue weighted by Gasteiger charge is -2.22. The van der Waals surface area contributed by atoms with Gasteiger partial charge in [0.15, 0.2) is 0 Å². The van der Waals surface area contributed by atoms with Crippen molar-refractivity contribution in [3.05, 3.63) is 18.2 Å². The molecule has 0 saturated carbocycles. The number of hydrogen-bond donors (Lipinski definition) is 2. The van der Waals surface area contributed by atoms with Gasteiger partial charge in [-0.2, -0.15) is 0 Å². The molecular weight excluding hydrogens is 250 g/mol.